The van der Waals surface area contributed by atoms with Gasteiger partial charge in [-0.1, -0.05) is 0 Å². The van der Waals surface area contributed by atoms with Crippen molar-refractivity contribution >= 4 is 27.4 Å². The van der Waals surface area contributed by atoms with Crippen molar-refractivity contribution in [3.63, 3.8) is 0 Å². The molecule has 34 heavy (non-hydrogen) atoms. The number of phenolic OH excluding ortho intramolecular Hbond substituents is 1. The van der Waals surface area contributed by atoms with Gasteiger partial charge in [0.2, 0.25) is 15.7 Å². The molecule has 0 heterocycles. The van der Waals surface area contributed by atoms with E-state index in [1.54, 1.807) is 26.0 Å². The molecule has 0 fully saturated rings. The van der Waals surface area contributed by atoms with Crippen LogP contribution in [-0.2, 0) is 24.2 Å². The number of methoxy groups -OCH3 is 1. The van der Waals surface area contributed by atoms with Gasteiger partial charge >= 0.3 is 5.97 Å². The predicted molar refractivity (Wildman–Crippen MR) is 121 cm³/mol. The Hall–Kier alpha value is -3.92. The molecule has 0 aromatic heterocycles. The lowest BCUT2D eigenvalue weighted by Crippen LogP contribution is -2.17. The average molecular weight is 488 g/mol. The maximum atomic E-state index is 13.2. The van der Waals surface area contributed by atoms with Gasteiger partial charge in [-0.05, 0) is 73.5 Å². The molecule has 3 aromatic rings. The third kappa shape index (κ3) is 5.52. The van der Waals surface area contributed by atoms with Gasteiger partial charge in [-0.15, -0.1) is 0 Å². The largest absolute Gasteiger partial charge is 0.507 e. The fourth-order valence-electron chi connectivity index (χ4n) is 3.22. The molecule has 0 aliphatic carbocycles. The first kappa shape index (κ1) is 24.7. The van der Waals surface area contributed by atoms with Crippen LogP contribution in [0, 0.1) is 19.7 Å². The van der Waals surface area contributed by atoms with E-state index < -0.39 is 44.6 Å². The Balaban J connectivity index is 1.88. The van der Waals surface area contributed by atoms with Crippen LogP contribution in [0.25, 0.3) is 0 Å². The second kappa shape index (κ2) is 9.92. The molecule has 0 aliphatic heterocycles. The number of hydrogen-bond donors (Lipinski definition) is 2. The number of anilines is 1. The number of benzene rings is 3. The third-order valence-electron chi connectivity index (χ3n) is 4.84. The SMILES string of the molecule is COC(=O)CC(=O)Nc1cc(C)c(Oc2ccc(O)c(S(=O)(=O)c3ccc(F)cc3)c2)c(C)c1. The highest BCUT2D eigenvalue weighted by atomic mass is 32.2. The van der Waals surface area contributed by atoms with E-state index in [9.17, 15) is 27.5 Å². The maximum Gasteiger partial charge on any atom is 0.315 e. The van der Waals surface area contributed by atoms with Gasteiger partial charge in [-0.3, -0.25) is 9.59 Å². The summed E-state index contributed by atoms with van der Waals surface area (Å²) < 4.78 is 49.5. The molecular weight excluding hydrogens is 465 g/mol. The number of amides is 1. The van der Waals surface area contributed by atoms with Crippen LogP contribution >= 0.6 is 0 Å². The van der Waals surface area contributed by atoms with Crippen molar-refractivity contribution in [2.75, 3.05) is 12.4 Å². The molecule has 0 saturated carbocycles. The van der Waals surface area contributed by atoms with Crippen LogP contribution in [0.2, 0.25) is 0 Å². The summed E-state index contributed by atoms with van der Waals surface area (Å²) in [4.78, 5) is 22.6. The van der Waals surface area contributed by atoms with Crippen LogP contribution in [0.15, 0.2) is 64.4 Å². The van der Waals surface area contributed by atoms with Gasteiger partial charge in [0, 0.05) is 11.8 Å². The fourth-order valence-corrected chi connectivity index (χ4v) is 4.59. The van der Waals surface area contributed by atoms with E-state index in [2.05, 4.69) is 10.1 Å². The summed E-state index contributed by atoms with van der Waals surface area (Å²) in [7, 11) is -2.95. The Morgan fingerprint density at radius 2 is 1.62 bits per heavy atom. The molecule has 0 unspecified atom stereocenters. The quantitative estimate of drug-likeness (QED) is 0.290. The predicted octanol–water partition coefficient (Wildman–Crippen LogP) is 4.27. The normalized spacial score (nSPS) is 11.1. The van der Waals surface area contributed by atoms with Crippen LogP contribution in [0.1, 0.15) is 17.5 Å². The minimum atomic E-state index is -4.14. The smallest absolute Gasteiger partial charge is 0.315 e. The number of nitrogens with one attached hydrogen (secondary N) is 1. The number of phenols is 1. The summed E-state index contributed by atoms with van der Waals surface area (Å²) in [6.45, 7) is 3.46. The molecule has 0 bridgehead atoms. The standard InChI is InChI=1S/C24H22FNO7S/c1-14-10-17(26-22(28)13-23(29)32-3)11-15(2)24(14)33-18-6-9-20(27)21(12-18)34(30,31)19-7-4-16(25)5-8-19/h4-12,27H,13H2,1-3H3,(H,26,28). The van der Waals surface area contributed by atoms with Crippen LogP contribution in [0.4, 0.5) is 10.1 Å². The summed E-state index contributed by atoms with van der Waals surface area (Å²) in [5.41, 5.74) is 1.70. The molecular formula is C24H22FNO7S. The van der Waals surface area contributed by atoms with E-state index >= 15 is 0 Å². The average Bonchev–Trinajstić information content (AvgIpc) is 2.77. The van der Waals surface area contributed by atoms with E-state index in [1.165, 1.54) is 25.3 Å². The molecule has 0 atom stereocenters. The maximum absolute atomic E-state index is 13.2. The van der Waals surface area contributed by atoms with Crippen molar-refractivity contribution in [1.82, 2.24) is 0 Å². The third-order valence-corrected chi connectivity index (χ3v) is 6.64. The zero-order valence-corrected chi connectivity index (χ0v) is 19.4. The van der Waals surface area contributed by atoms with Crippen molar-refractivity contribution in [2.45, 2.75) is 30.1 Å². The number of aromatic hydroxyl groups is 1. The summed E-state index contributed by atoms with van der Waals surface area (Å²) in [5, 5.41) is 12.8. The second-order valence-electron chi connectivity index (χ2n) is 7.43. The summed E-state index contributed by atoms with van der Waals surface area (Å²) in [5.74, 6) is -1.70. The molecule has 10 heteroatoms. The Morgan fingerprint density at radius 3 is 2.21 bits per heavy atom. The number of carbonyl (C=O) groups is 2. The Bertz CT molecular complexity index is 1330. The minimum Gasteiger partial charge on any atom is -0.507 e. The Morgan fingerprint density at radius 1 is 1.00 bits per heavy atom. The van der Waals surface area contributed by atoms with Gasteiger partial charge in [-0.2, -0.15) is 0 Å². The van der Waals surface area contributed by atoms with Crippen molar-refractivity contribution in [3.8, 4) is 17.2 Å². The lowest BCUT2D eigenvalue weighted by Gasteiger charge is -2.15. The lowest BCUT2D eigenvalue weighted by atomic mass is 10.1. The van der Waals surface area contributed by atoms with Gasteiger partial charge in [-0.25, -0.2) is 12.8 Å². The molecule has 0 radical (unpaired) electrons. The summed E-state index contributed by atoms with van der Waals surface area (Å²) in [6, 6.07) is 11.3. The van der Waals surface area contributed by atoms with Crippen LogP contribution < -0.4 is 10.1 Å². The first-order valence-electron chi connectivity index (χ1n) is 10.0. The van der Waals surface area contributed by atoms with Gasteiger partial charge in [0.25, 0.3) is 0 Å². The first-order chi connectivity index (χ1) is 16.0. The number of hydrogen-bond acceptors (Lipinski definition) is 7. The zero-order chi connectivity index (χ0) is 25.0. The van der Waals surface area contributed by atoms with Crippen molar-refractivity contribution < 1.29 is 37.0 Å². The monoisotopic (exact) mass is 487 g/mol. The number of carbonyl (C=O) groups excluding carboxylic acids is 2. The number of rotatable bonds is 7. The van der Waals surface area contributed by atoms with Crippen LogP contribution in [-0.4, -0.2) is 32.5 Å². The summed E-state index contributed by atoms with van der Waals surface area (Å²) >= 11 is 0. The molecule has 178 valence electrons. The van der Waals surface area contributed by atoms with Gasteiger partial charge < -0.3 is 19.9 Å². The number of esters is 1. The fraction of sp³-hybridized carbons (Fsp3) is 0.167. The van der Waals surface area contributed by atoms with Crippen molar-refractivity contribution in [1.29, 1.82) is 0 Å². The topological polar surface area (TPSA) is 119 Å². The molecule has 0 spiro atoms. The van der Waals surface area contributed by atoms with Crippen LogP contribution in [0.5, 0.6) is 17.2 Å². The van der Waals surface area contributed by atoms with E-state index in [1.807, 2.05) is 0 Å². The van der Waals surface area contributed by atoms with Crippen molar-refractivity contribution in [3.05, 3.63) is 71.5 Å². The highest BCUT2D eigenvalue weighted by Crippen LogP contribution is 2.36. The minimum absolute atomic E-state index is 0.146. The molecule has 8 nitrogen and oxygen atoms in total. The number of sulfone groups is 1. The second-order valence-corrected chi connectivity index (χ2v) is 9.35. The number of halogens is 1. The highest BCUT2D eigenvalue weighted by molar-refractivity contribution is 7.91. The molecule has 0 aliphatic rings. The summed E-state index contributed by atoms with van der Waals surface area (Å²) in [6.07, 6.45) is -0.425. The molecule has 3 rings (SSSR count). The first-order valence-corrected chi connectivity index (χ1v) is 11.5. The highest BCUT2D eigenvalue weighted by Gasteiger charge is 2.23. The van der Waals surface area contributed by atoms with Gasteiger partial charge in [0.1, 0.15) is 34.4 Å². The molecule has 3 aromatic carbocycles. The zero-order valence-electron chi connectivity index (χ0n) is 18.6. The van der Waals surface area contributed by atoms with E-state index in [4.69, 9.17) is 4.74 Å². The number of aryl methyl sites for hydroxylation is 2. The van der Waals surface area contributed by atoms with Gasteiger partial charge in [0.05, 0.1) is 12.0 Å². The Kier molecular flexibility index (Phi) is 7.21. The lowest BCUT2D eigenvalue weighted by molar-refractivity contribution is -0.142. The van der Waals surface area contributed by atoms with Crippen LogP contribution in [0.3, 0.4) is 0 Å². The molecule has 1 amide bonds. The van der Waals surface area contributed by atoms with Crippen molar-refractivity contribution in [2.24, 2.45) is 0 Å². The van der Waals surface area contributed by atoms with E-state index in [0.717, 1.165) is 24.3 Å². The Labute approximate surface area is 195 Å². The van der Waals surface area contributed by atoms with Gasteiger partial charge in [0.15, 0.2) is 0 Å². The number of ether oxygens (including phenoxy) is 2. The molecule has 0 saturated heterocycles. The molecule has 2 N–H and O–H groups in total. The van der Waals surface area contributed by atoms with E-state index in [-0.39, 0.29) is 10.6 Å². The van der Waals surface area contributed by atoms with E-state index in [0.29, 0.717) is 22.6 Å².